The van der Waals surface area contributed by atoms with Crippen molar-refractivity contribution in [3.8, 4) is 11.8 Å². The van der Waals surface area contributed by atoms with E-state index in [1.807, 2.05) is 0 Å². The summed E-state index contributed by atoms with van der Waals surface area (Å²) in [5.74, 6) is -1.43. The van der Waals surface area contributed by atoms with Crippen LogP contribution in [0.15, 0.2) is 28.9 Å². The summed E-state index contributed by atoms with van der Waals surface area (Å²) in [6.07, 6.45) is 2.41. The molecule has 1 aromatic heterocycles. The minimum atomic E-state index is -0.716. The summed E-state index contributed by atoms with van der Waals surface area (Å²) in [6, 6.07) is 2.88. The summed E-state index contributed by atoms with van der Waals surface area (Å²) in [4.78, 5) is 4.04. The van der Waals surface area contributed by atoms with E-state index in [1.54, 1.807) is 0 Å². The zero-order valence-electron chi connectivity index (χ0n) is 10.5. The van der Waals surface area contributed by atoms with E-state index >= 15 is 0 Å². The van der Waals surface area contributed by atoms with Crippen LogP contribution in [0.1, 0.15) is 19.0 Å². The summed E-state index contributed by atoms with van der Waals surface area (Å²) in [7, 11) is 0. The third-order valence-corrected chi connectivity index (χ3v) is 2.30. The molecule has 2 aromatic rings. The molecule has 0 saturated heterocycles. The van der Waals surface area contributed by atoms with Gasteiger partial charge in [0, 0.05) is 24.7 Å². The monoisotopic (exact) mass is 268 g/mol. The van der Waals surface area contributed by atoms with Gasteiger partial charge in [-0.3, -0.25) is 0 Å². The van der Waals surface area contributed by atoms with E-state index in [4.69, 9.17) is 9.15 Å². The van der Waals surface area contributed by atoms with Crippen LogP contribution in [0.3, 0.4) is 0 Å². The Morgan fingerprint density at radius 2 is 2.00 bits per heavy atom. The standard InChI is InChI=1S/C13H14F2N2O2/c1-2-3-16-7-11-8-18-13(17-11)19-12-5-9(14)4-10(15)6-12/h4-6,8,16H,2-3,7H2,1H3. The Hall–Kier alpha value is -1.95. The lowest BCUT2D eigenvalue weighted by atomic mass is 10.3. The average molecular weight is 268 g/mol. The van der Waals surface area contributed by atoms with Gasteiger partial charge >= 0.3 is 6.08 Å². The first-order valence-electron chi connectivity index (χ1n) is 5.96. The molecular weight excluding hydrogens is 254 g/mol. The molecule has 1 aromatic carbocycles. The van der Waals surface area contributed by atoms with Gasteiger partial charge in [-0.25, -0.2) is 8.78 Å². The SMILES string of the molecule is CCCNCc1coc(Oc2cc(F)cc(F)c2)n1. The number of ether oxygens (including phenoxy) is 1. The fourth-order valence-corrected chi connectivity index (χ4v) is 1.50. The van der Waals surface area contributed by atoms with Crippen molar-refractivity contribution in [3.63, 3.8) is 0 Å². The van der Waals surface area contributed by atoms with E-state index < -0.39 is 11.6 Å². The second-order valence-corrected chi connectivity index (χ2v) is 3.99. The molecule has 0 unspecified atom stereocenters. The number of benzene rings is 1. The maximum absolute atomic E-state index is 13.0. The molecule has 1 N–H and O–H groups in total. The largest absolute Gasteiger partial charge is 0.417 e. The molecule has 102 valence electrons. The van der Waals surface area contributed by atoms with Gasteiger partial charge in [0.25, 0.3) is 0 Å². The molecule has 0 atom stereocenters. The van der Waals surface area contributed by atoms with E-state index in [1.165, 1.54) is 6.26 Å². The van der Waals surface area contributed by atoms with Gasteiger partial charge in [0.05, 0.1) is 5.69 Å². The number of hydrogen-bond acceptors (Lipinski definition) is 4. The fourth-order valence-electron chi connectivity index (χ4n) is 1.50. The van der Waals surface area contributed by atoms with Crippen molar-refractivity contribution in [2.75, 3.05) is 6.54 Å². The van der Waals surface area contributed by atoms with Gasteiger partial charge in [0.15, 0.2) is 0 Å². The number of nitrogens with one attached hydrogen (secondary N) is 1. The van der Waals surface area contributed by atoms with E-state index in [2.05, 4.69) is 17.2 Å². The second-order valence-electron chi connectivity index (χ2n) is 3.99. The van der Waals surface area contributed by atoms with Crippen molar-refractivity contribution >= 4 is 0 Å². The molecule has 0 aliphatic carbocycles. The van der Waals surface area contributed by atoms with Crippen molar-refractivity contribution in [1.29, 1.82) is 0 Å². The molecule has 4 nitrogen and oxygen atoms in total. The average Bonchev–Trinajstić information content (AvgIpc) is 2.76. The lowest BCUT2D eigenvalue weighted by Crippen LogP contribution is -2.13. The maximum atomic E-state index is 13.0. The quantitative estimate of drug-likeness (QED) is 0.817. The molecule has 0 fully saturated rings. The van der Waals surface area contributed by atoms with Crippen LogP contribution in [0.5, 0.6) is 11.8 Å². The zero-order chi connectivity index (χ0) is 13.7. The first-order valence-corrected chi connectivity index (χ1v) is 5.96. The molecule has 2 rings (SSSR count). The van der Waals surface area contributed by atoms with Gasteiger partial charge in [-0.2, -0.15) is 4.98 Å². The Kier molecular flexibility index (Phi) is 4.46. The first-order chi connectivity index (χ1) is 9.17. The normalized spacial score (nSPS) is 10.7. The summed E-state index contributed by atoms with van der Waals surface area (Å²) < 4.78 is 36.1. The lowest BCUT2D eigenvalue weighted by Gasteiger charge is -2.00. The van der Waals surface area contributed by atoms with E-state index in [-0.39, 0.29) is 11.8 Å². The zero-order valence-corrected chi connectivity index (χ0v) is 10.5. The van der Waals surface area contributed by atoms with E-state index in [0.29, 0.717) is 12.2 Å². The van der Waals surface area contributed by atoms with Gasteiger partial charge in [-0.05, 0) is 13.0 Å². The summed E-state index contributed by atoms with van der Waals surface area (Å²) in [5.41, 5.74) is 0.667. The molecule has 6 heteroatoms. The van der Waals surface area contributed by atoms with E-state index in [9.17, 15) is 8.78 Å². The Balaban J connectivity index is 1.99. The third kappa shape index (κ3) is 4.03. The Morgan fingerprint density at radius 3 is 2.68 bits per heavy atom. The van der Waals surface area contributed by atoms with Crippen LogP contribution in [0.2, 0.25) is 0 Å². The topological polar surface area (TPSA) is 47.3 Å². The number of oxazole rings is 1. The van der Waals surface area contributed by atoms with Gasteiger partial charge in [0.2, 0.25) is 0 Å². The summed E-state index contributed by atoms with van der Waals surface area (Å²) in [5, 5.41) is 3.15. The van der Waals surface area contributed by atoms with Gasteiger partial charge < -0.3 is 14.5 Å². The van der Waals surface area contributed by atoms with Crippen LogP contribution < -0.4 is 10.1 Å². The fraction of sp³-hybridized carbons (Fsp3) is 0.308. The molecule has 0 aliphatic heterocycles. The van der Waals surface area contributed by atoms with E-state index in [0.717, 1.165) is 31.2 Å². The molecule has 0 radical (unpaired) electrons. The predicted octanol–water partition coefficient (Wildman–Crippen LogP) is 3.24. The minimum absolute atomic E-state index is 0.00687. The molecule has 0 saturated carbocycles. The van der Waals surface area contributed by atoms with Gasteiger partial charge in [-0.1, -0.05) is 6.92 Å². The van der Waals surface area contributed by atoms with Crippen LogP contribution in [-0.2, 0) is 6.54 Å². The molecule has 1 heterocycles. The van der Waals surface area contributed by atoms with Gasteiger partial charge in [-0.15, -0.1) is 0 Å². The molecule has 0 bridgehead atoms. The summed E-state index contributed by atoms with van der Waals surface area (Å²) in [6.45, 7) is 3.49. The molecule has 19 heavy (non-hydrogen) atoms. The highest BCUT2D eigenvalue weighted by molar-refractivity contribution is 5.26. The number of halogens is 2. The summed E-state index contributed by atoms with van der Waals surface area (Å²) >= 11 is 0. The molecular formula is C13H14F2N2O2. The minimum Gasteiger partial charge on any atom is -0.417 e. The highest BCUT2D eigenvalue weighted by atomic mass is 19.1. The molecule has 0 aliphatic rings. The number of nitrogens with zero attached hydrogens (tertiary/aromatic N) is 1. The maximum Gasteiger partial charge on any atom is 0.399 e. The van der Waals surface area contributed by atoms with Crippen molar-refractivity contribution < 1.29 is 17.9 Å². The van der Waals surface area contributed by atoms with Crippen molar-refractivity contribution in [3.05, 3.63) is 41.8 Å². The van der Waals surface area contributed by atoms with Crippen molar-refractivity contribution in [2.45, 2.75) is 19.9 Å². The van der Waals surface area contributed by atoms with Crippen LogP contribution in [0.25, 0.3) is 0 Å². The Bertz CT molecular complexity index is 523. The first kappa shape index (κ1) is 13.5. The predicted molar refractivity (Wildman–Crippen MR) is 64.9 cm³/mol. The van der Waals surface area contributed by atoms with Crippen molar-refractivity contribution in [1.82, 2.24) is 10.3 Å². The van der Waals surface area contributed by atoms with Crippen molar-refractivity contribution in [2.24, 2.45) is 0 Å². The van der Waals surface area contributed by atoms with Crippen LogP contribution in [0, 0.1) is 11.6 Å². The highest BCUT2D eigenvalue weighted by Gasteiger charge is 2.08. The Morgan fingerprint density at radius 1 is 1.26 bits per heavy atom. The number of rotatable bonds is 6. The van der Waals surface area contributed by atoms with Crippen LogP contribution in [0.4, 0.5) is 8.78 Å². The van der Waals surface area contributed by atoms with Crippen LogP contribution in [-0.4, -0.2) is 11.5 Å². The number of aromatic nitrogens is 1. The highest BCUT2D eigenvalue weighted by Crippen LogP contribution is 2.22. The molecule has 0 amide bonds. The van der Waals surface area contributed by atoms with Gasteiger partial charge in [0.1, 0.15) is 23.6 Å². The second kappa shape index (κ2) is 6.29. The van der Waals surface area contributed by atoms with Crippen LogP contribution >= 0.6 is 0 Å². The number of hydrogen-bond donors (Lipinski definition) is 1. The third-order valence-electron chi connectivity index (χ3n) is 2.30. The Labute approximate surface area is 109 Å². The smallest absolute Gasteiger partial charge is 0.399 e. The molecule has 0 spiro atoms. The lowest BCUT2D eigenvalue weighted by molar-refractivity contribution is 0.328.